The van der Waals surface area contributed by atoms with E-state index in [-0.39, 0.29) is 11.3 Å². The number of fused-ring (bicyclic) bond motifs is 1. The van der Waals surface area contributed by atoms with Gasteiger partial charge in [-0.15, -0.1) is 0 Å². The zero-order chi connectivity index (χ0) is 23.4. The lowest BCUT2D eigenvalue weighted by Gasteiger charge is -2.19. The Balaban J connectivity index is 1.44. The number of rotatable bonds is 7. The van der Waals surface area contributed by atoms with Gasteiger partial charge in [-0.3, -0.25) is 4.79 Å². The fraction of sp³-hybridized carbons (Fsp3) is 0.259. The smallest absolute Gasteiger partial charge is 0.251 e. The average molecular weight is 506 g/mol. The van der Waals surface area contributed by atoms with Gasteiger partial charge in [-0.05, 0) is 59.5 Å². The molecule has 0 spiro atoms. The SMILES string of the molecule is CC(C)(C)c1ccc(OCCn2c(CNC(=O)c3ccc(Br)cc3)nc3ccccc32)cc1. The monoisotopic (exact) mass is 505 g/mol. The summed E-state index contributed by atoms with van der Waals surface area (Å²) >= 11 is 3.40. The Morgan fingerprint density at radius 2 is 1.70 bits per heavy atom. The molecule has 0 unspecified atom stereocenters. The number of hydrogen-bond acceptors (Lipinski definition) is 3. The van der Waals surface area contributed by atoms with Gasteiger partial charge in [0.15, 0.2) is 0 Å². The van der Waals surface area contributed by atoms with E-state index in [0.717, 1.165) is 27.1 Å². The molecular weight excluding hydrogens is 478 g/mol. The first-order valence-electron chi connectivity index (χ1n) is 11.0. The van der Waals surface area contributed by atoms with Crippen LogP contribution in [0.2, 0.25) is 0 Å². The van der Waals surface area contributed by atoms with Crippen molar-refractivity contribution in [2.75, 3.05) is 6.61 Å². The van der Waals surface area contributed by atoms with Crippen LogP contribution in [0.1, 0.15) is 42.5 Å². The van der Waals surface area contributed by atoms with Crippen LogP contribution >= 0.6 is 15.9 Å². The Labute approximate surface area is 202 Å². The van der Waals surface area contributed by atoms with Crippen molar-refractivity contribution >= 4 is 32.9 Å². The number of imidazole rings is 1. The third-order valence-electron chi connectivity index (χ3n) is 5.55. The van der Waals surface area contributed by atoms with E-state index in [0.29, 0.717) is 25.3 Å². The maximum absolute atomic E-state index is 12.6. The second-order valence-corrected chi connectivity index (χ2v) is 9.90. The summed E-state index contributed by atoms with van der Waals surface area (Å²) in [5, 5.41) is 2.99. The fourth-order valence-corrected chi connectivity index (χ4v) is 3.94. The lowest BCUT2D eigenvalue weighted by atomic mass is 9.87. The molecule has 0 aliphatic carbocycles. The van der Waals surface area contributed by atoms with Crippen LogP contribution in [0.3, 0.4) is 0 Å². The van der Waals surface area contributed by atoms with Crippen LogP contribution in [-0.2, 0) is 18.5 Å². The zero-order valence-electron chi connectivity index (χ0n) is 19.1. The zero-order valence-corrected chi connectivity index (χ0v) is 20.7. The topological polar surface area (TPSA) is 56.1 Å². The van der Waals surface area contributed by atoms with Crippen molar-refractivity contribution in [3.8, 4) is 5.75 Å². The van der Waals surface area contributed by atoms with Crippen LogP contribution in [0, 0.1) is 0 Å². The number of para-hydroxylation sites is 2. The number of carbonyl (C=O) groups excluding carboxylic acids is 1. The molecule has 0 saturated carbocycles. The number of halogens is 1. The summed E-state index contributed by atoms with van der Waals surface area (Å²) < 4.78 is 9.07. The predicted molar refractivity (Wildman–Crippen MR) is 136 cm³/mol. The highest BCUT2D eigenvalue weighted by Crippen LogP contribution is 2.24. The number of benzene rings is 3. The number of aromatic nitrogens is 2. The highest BCUT2D eigenvalue weighted by atomic mass is 79.9. The summed E-state index contributed by atoms with van der Waals surface area (Å²) in [4.78, 5) is 17.3. The van der Waals surface area contributed by atoms with Gasteiger partial charge in [0.1, 0.15) is 18.2 Å². The lowest BCUT2D eigenvalue weighted by Crippen LogP contribution is -2.25. The summed E-state index contributed by atoms with van der Waals surface area (Å²) in [6, 6.07) is 23.6. The normalized spacial score (nSPS) is 11.5. The van der Waals surface area contributed by atoms with Gasteiger partial charge < -0.3 is 14.6 Å². The molecule has 0 atom stereocenters. The van der Waals surface area contributed by atoms with Crippen molar-refractivity contribution in [1.82, 2.24) is 14.9 Å². The van der Waals surface area contributed by atoms with E-state index in [1.54, 1.807) is 12.1 Å². The van der Waals surface area contributed by atoms with E-state index in [2.05, 4.69) is 58.7 Å². The Bertz CT molecular complexity index is 1240. The van der Waals surface area contributed by atoms with Crippen molar-refractivity contribution in [2.24, 2.45) is 0 Å². The molecule has 4 aromatic rings. The van der Waals surface area contributed by atoms with E-state index in [9.17, 15) is 4.79 Å². The van der Waals surface area contributed by atoms with E-state index in [1.807, 2.05) is 48.5 Å². The Kier molecular flexibility index (Phi) is 6.84. The molecule has 0 aliphatic rings. The van der Waals surface area contributed by atoms with Gasteiger partial charge in [-0.2, -0.15) is 0 Å². The summed E-state index contributed by atoms with van der Waals surface area (Å²) in [6.07, 6.45) is 0. The molecule has 1 amide bonds. The minimum absolute atomic E-state index is 0.115. The molecular formula is C27H28BrN3O2. The molecule has 1 aromatic heterocycles. The summed E-state index contributed by atoms with van der Waals surface area (Å²) in [6.45, 7) is 8.07. The van der Waals surface area contributed by atoms with Gasteiger partial charge in [-0.1, -0.05) is 61.0 Å². The summed E-state index contributed by atoms with van der Waals surface area (Å²) in [5.41, 5.74) is 3.93. The van der Waals surface area contributed by atoms with E-state index < -0.39 is 0 Å². The Hall–Kier alpha value is -3.12. The van der Waals surface area contributed by atoms with E-state index in [4.69, 9.17) is 9.72 Å². The summed E-state index contributed by atoms with van der Waals surface area (Å²) in [7, 11) is 0. The molecule has 1 heterocycles. The number of nitrogens with one attached hydrogen (secondary N) is 1. The largest absolute Gasteiger partial charge is 0.492 e. The number of amides is 1. The predicted octanol–water partition coefficient (Wildman–Crippen LogP) is 6.11. The van der Waals surface area contributed by atoms with Gasteiger partial charge >= 0.3 is 0 Å². The first-order valence-corrected chi connectivity index (χ1v) is 11.8. The van der Waals surface area contributed by atoms with Crippen molar-refractivity contribution < 1.29 is 9.53 Å². The molecule has 0 bridgehead atoms. The highest BCUT2D eigenvalue weighted by Gasteiger charge is 2.14. The second-order valence-electron chi connectivity index (χ2n) is 8.98. The van der Waals surface area contributed by atoms with Crippen molar-refractivity contribution in [3.05, 3.63) is 94.2 Å². The van der Waals surface area contributed by atoms with Crippen LogP contribution in [-0.4, -0.2) is 22.1 Å². The fourth-order valence-electron chi connectivity index (χ4n) is 3.68. The van der Waals surface area contributed by atoms with Gasteiger partial charge in [0.05, 0.1) is 24.1 Å². The van der Waals surface area contributed by atoms with Gasteiger partial charge in [0, 0.05) is 10.0 Å². The molecule has 3 aromatic carbocycles. The number of hydrogen-bond donors (Lipinski definition) is 1. The molecule has 33 heavy (non-hydrogen) atoms. The molecule has 5 nitrogen and oxygen atoms in total. The Morgan fingerprint density at radius 1 is 1.00 bits per heavy atom. The second kappa shape index (κ2) is 9.79. The molecule has 1 N–H and O–H groups in total. The molecule has 0 radical (unpaired) electrons. The first-order chi connectivity index (χ1) is 15.8. The van der Waals surface area contributed by atoms with Crippen LogP contribution in [0.25, 0.3) is 11.0 Å². The van der Waals surface area contributed by atoms with Crippen LogP contribution in [0.4, 0.5) is 0 Å². The van der Waals surface area contributed by atoms with Gasteiger partial charge in [0.2, 0.25) is 0 Å². The van der Waals surface area contributed by atoms with Crippen LogP contribution in [0.5, 0.6) is 5.75 Å². The van der Waals surface area contributed by atoms with Gasteiger partial charge in [-0.25, -0.2) is 4.98 Å². The number of ether oxygens (including phenoxy) is 1. The standard InChI is InChI=1S/C27H28BrN3O2/c1-27(2,3)20-10-14-22(15-11-20)33-17-16-31-24-7-5-4-6-23(24)30-25(31)18-29-26(32)19-8-12-21(28)13-9-19/h4-15H,16-18H2,1-3H3,(H,29,32). The minimum atomic E-state index is -0.128. The molecule has 0 aliphatic heterocycles. The molecule has 0 saturated heterocycles. The third-order valence-corrected chi connectivity index (χ3v) is 6.08. The minimum Gasteiger partial charge on any atom is -0.492 e. The maximum atomic E-state index is 12.6. The molecule has 4 rings (SSSR count). The molecule has 0 fully saturated rings. The molecule has 6 heteroatoms. The maximum Gasteiger partial charge on any atom is 0.251 e. The van der Waals surface area contributed by atoms with E-state index >= 15 is 0 Å². The highest BCUT2D eigenvalue weighted by molar-refractivity contribution is 9.10. The van der Waals surface area contributed by atoms with Crippen LogP contribution < -0.4 is 10.1 Å². The van der Waals surface area contributed by atoms with Crippen LogP contribution in [0.15, 0.2) is 77.3 Å². The Morgan fingerprint density at radius 3 is 2.39 bits per heavy atom. The lowest BCUT2D eigenvalue weighted by molar-refractivity contribution is 0.0949. The number of carbonyl (C=O) groups is 1. The van der Waals surface area contributed by atoms with E-state index in [1.165, 1.54) is 5.56 Å². The average Bonchev–Trinajstić information content (AvgIpc) is 3.15. The van der Waals surface area contributed by atoms with Crippen molar-refractivity contribution in [1.29, 1.82) is 0 Å². The van der Waals surface area contributed by atoms with Crippen molar-refractivity contribution in [2.45, 2.75) is 39.3 Å². The third kappa shape index (κ3) is 5.63. The molecule has 170 valence electrons. The quantitative estimate of drug-likeness (QED) is 0.329. The van der Waals surface area contributed by atoms with Crippen molar-refractivity contribution in [3.63, 3.8) is 0 Å². The van der Waals surface area contributed by atoms with Gasteiger partial charge in [0.25, 0.3) is 5.91 Å². The summed E-state index contributed by atoms with van der Waals surface area (Å²) in [5.74, 6) is 1.52. The first kappa shape index (κ1) is 23.1. The number of nitrogens with zero attached hydrogens (tertiary/aromatic N) is 2.